The summed E-state index contributed by atoms with van der Waals surface area (Å²) in [7, 11) is 0. The molecule has 0 unspecified atom stereocenters. The van der Waals surface area contributed by atoms with Crippen LogP contribution in [0, 0.1) is 0 Å². The number of fused-ring (bicyclic) bond motifs is 2. The number of thiazole rings is 1. The van der Waals surface area contributed by atoms with E-state index in [0.717, 1.165) is 30.7 Å². The highest BCUT2D eigenvalue weighted by molar-refractivity contribution is 8.01. The van der Waals surface area contributed by atoms with Crippen molar-refractivity contribution < 1.29 is 4.79 Å². The Hall–Kier alpha value is -2.05. The van der Waals surface area contributed by atoms with E-state index < -0.39 is 0 Å². The fourth-order valence-electron chi connectivity index (χ4n) is 2.35. The zero-order valence-electron chi connectivity index (χ0n) is 10.9. The first-order valence-corrected chi connectivity index (χ1v) is 8.08. The standard InChI is InChI=1S/C15H11N3OS2/c16-9-5-8-6-14(19)17-11(8)7-13(9)21-15-18-10-3-1-2-4-12(10)20-15/h1-5,7H,6,16H2,(H,17,19). The van der Waals surface area contributed by atoms with Crippen LogP contribution >= 0.6 is 23.1 Å². The maximum absolute atomic E-state index is 11.4. The Morgan fingerprint density at radius 2 is 2.14 bits per heavy atom. The molecule has 0 atom stereocenters. The van der Waals surface area contributed by atoms with Gasteiger partial charge in [-0.1, -0.05) is 23.9 Å². The van der Waals surface area contributed by atoms with Gasteiger partial charge in [0.2, 0.25) is 5.91 Å². The number of para-hydroxylation sites is 1. The van der Waals surface area contributed by atoms with Crippen LogP contribution in [0.15, 0.2) is 45.6 Å². The van der Waals surface area contributed by atoms with Crippen molar-refractivity contribution in [2.75, 3.05) is 11.1 Å². The first-order chi connectivity index (χ1) is 10.2. The molecule has 2 heterocycles. The van der Waals surface area contributed by atoms with Gasteiger partial charge in [0.25, 0.3) is 0 Å². The minimum absolute atomic E-state index is 0.0199. The first kappa shape index (κ1) is 12.7. The van der Waals surface area contributed by atoms with Gasteiger partial charge in [-0.15, -0.1) is 11.3 Å². The lowest BCUT2D eigenvalue weighted by atomic mass is 10.1. The fraction of sp³-hybridized carbons (Fsp3) is 0.0667. The van der Waals surface area contributed by atoms with Crippen molar-refractivity contribution in [3.05, 3.63) is 42.0 Å². The van der Waals surface area contributed by atoms with Crippen molar-refractivity contribution in [2.45, 2.75) is 15.7 Å². The Morgan fingerprint density at radius 1 is 1.29 bits per heavy atom. The van der Waals surface area contributed by atoms with Crippen LogP contribution in [0.4, 0.5) is 11.4 Å². The minimum Gasteiger partial charge on any atom is -0.398 e. The van der Waals surface area contributed by atoms with Crippen LogP contribution in [-0.4, -0.2) is 10.9 Å². The largest absolute Gasteiger partial charge is 0.398 e. The number of aromatic nitrogens is 1. The Balaban J connectivity index is 1.71. The van der Waals surface area contributed by atoms with Crippen molar-refractivity contribution in [2.24, 2.45) is 0 Å². The van der Waals surface area contributed by atoms with Crippen LogP contribution in [0.3, 0.4) is 0 Å². The molecule has 104 valence electrons. The number of nitrogens with one attached hydrogen (secondary N) is 1. The van der Waals surface area contributed by atoms with E-state index in [-0.39, 0.29) is 5.91 Å². The van der Waals surface area contributed by atoms with Gasteiger partial charge in [-0.2, -0.15) is 0 Å². The van der Waals surface area contributed by atoms with Gasteiger partial charge >= 0.3 is 0 Å². The van der Waals surface area contributed by atoms with Crippen LogP contribution in [0.2, 0.25) is 0 Å². The Kier molecular flexibility index (Phi) is 2.87. The molecule has 6 heteroatoms. The molecule has 1 aliphatic heterocycles. The lowest BCUT2D eigenvalue weighted by Crippen LogP contribution is -2.03. The molecule has 0 bridgehead atoms. The molecule has 1 aliphatic rings. The summed E-state index contributed by atoms with van der Waals surface area (Å²) in [6.45, 7) is 0. The maximum Gasteiger partial charge on any atom is 0.228 e. The number of anilines is 2. The first-order valence-electron chi connectivity index (χ1n) is 6.45. The van der Waals surface area contributed by atoms with Crippen LogP contribution in [0.25, 0.3) is 10.2 Å². The topological polar surface area (TPSA) is 68.0 Å². The van der Waals surface area contributed by atoms with Gasteiger partial charge in [0.05, 0.1) is 16.6 Å². The molecule has 0 radical (unpaired) electrons. The van der Waals surface area contributed by atoms with E-state index in [1.165, 1.54) is 11.8 Å². The monoisotopic (exact) mass is 313 g/mol. The van der Waals surface area contributed by atoms with E-state index in [0.29, 0.717) is 12.1 Å². The predicted octanol–water partition coefficient (Wildman–Crippen LogP) is 3.52. The Morgan fingerprint density at radius 3 is 3.00 bits per heavy atom. The van der Waals surface area contributed by atoms with Gasteiger partial charge < -0.3 is 11.1 Å². The molecule has 1 aromatic heterocycles. The molecule has 1 amide bonds. The molecule has 4 rings (SSSR count). The number of amides is 1. The van der Waals surface area contributed by atoms with Crippen LogP contribution in [-0.2, 0) is 11.2 Å². The summed E-state index contributed by atoms with van der Waals surface area (Å²) in [4.78, 5) is 17.0. The van der Waals surface area contributed by atoms with Gasteiger partial charge in [-0.25, -0.2) is 4.98 Å². The number of hydrogen-bond donors (Lipinski definition) is 2. The van der Waals surface area contributed by atoms with E-state index in [2.05, 4.69) is 16.4 Å². The highest BCUT2D eigenvalue weighted by atomic mass is 32.2. The third kappa shape index (κ3) is 2.26. The fourth-order valence-corrected chi connectivity index (χ4v) is 4.44. The third-order valence-corrected chi connectivity index (χ3v) is 5.50. The van der Waals surface area contributed by atoms with Crippen molar-refractivity contribution in [1.29, 1.82) is 0 Å². The summed E-state index contributed by atoms with van der Waals surface area (Å²) < 4.78 is 2.11. The molecule has 0 spiro atoms. The zero-order chi connectivity index (χ0) is 14.4. The highest BCUT2D eigenvalue weighted by Crippen LogP contribution is 2.40. The van der Waals surface area contributed by atoms with Crippen LogP contribution < -0.4 is 11.1 Å². The maximum atomic E-state index is 11.4. The molecule has 3 N–H and O–H groups in total. The van der Waals surface area contributed by atoms with Gasteiger partial charge in [-0.05, 0) is 29.8 Å². The third-order valence-electron chi connectivity index (χ3n) is 3.33. The lowest BCUT2D eigenvalue weighted by molar-refractivity contribution is -0.115. The number of nitrogens with two attached hydrogens (primary N) is 1. The summed E-state index contributed by atoms with van der Waals surface area (Å²) in [5, 5.41) is 2.85. The number of carbonyl (C=O) groups is 1. The molecular weight excluding hydrogens is 302 g/mol. The summed E-state index contributed by atoms with van der Waals surface area (Å²) in [6, 6.07) is 11.9. The van der Waals surface area contributed by atoms with Crippen molar-refractivity contribution in [3.63, 3.8) is 0 Å². The number of nitrogens with zero attached hydrogens (tertiary/aromatic N) is 1. The zero-order valence-corrected chi connectivity index (χ0v) is 12.6. The molecule has 0 saturated heterocycles. The van der Waals surface area contributed by atoms with Gasteiger partial charge in [0.1, 0.15) is 0 Å². The average molecular weight is 313 g/mol. The minimum atomic E-state index is 0.0199. The molecule has 2 aromatic carbocycles. The van der Waals surface area contributed by atoms with E-state index in [1.54, 1.807) is 11.3 Å². The summed E-state index contributed by atoms with van der Waals surface area (Å²) >= 11 is 3.18. The second-order valence-corrected chi connectivity index (χ2v) is 7.14. The smallest absolute Gasteiger partial charge is 0.228 e. The average Bonchev–Trinajstić information content (AvgIpc) is 3.00. The number of carbonyl (C=O) groups excluding carboxylic acids is 1. The molecule has 0 aliphatic carbocycles. The van der Waals surface area contributed by atoms with Gasteiger partial charge in [-0.3, -0.25) is 4.79 Å². The SMILES string of the molecule is Nc1cc2c(cc1Sc1nc3ccccc3s1)NC(=O)C2. The van der Waals surface area contributed by atoms with Crippen molar-refractivity contribution >= 4 is 50.6 Å². The van der Waals surface area contributed by atoms with Gasteiger partial charge in [0.15, 0.2) is 4.34 Å². The number of nitrogen functional groups attached to an aromatic ring is 1. The molecular formula is C15H11N3OS2. The van der Waals surface area contributed by atoms with Crippen molar-refractivity contribution in [3.8, 4) is 0 Å². The quantitative estimate of drug-likeness (QED) is 0.710. The number of rotatable bonds is 2. The Bertz CT molecular complexity index is 839. The van der Waals surface area contributed by atoms with E-state index in [4.69, 9.17) is 5.73 Å². The summed E-state index contributed by atoms with van der Waals surface area (Å²) in [5.74, 6) is 0.0199. The van der Waals surface area contributed by atoms with Crippen molar-refractivity contribution in [1.82, 2.24) is 4.98 Å². The molecule has 21 heavy (non-hydrogen) atoms. The second-order valence-electron chi connectivity index (χ2n) is 4.82. The highest BCUT2D eigenvalue weighted by Gasteiger charge is 2.20. The molecule has 3 aromatic rings. The second kappa shape index (κ2) is 4.75. The van der Waals surface area contributed by atoms with Gasteiger partial charge in [0, 0.05) is 16.3 Å². The predicted molar refractivity (Wildman–Crippen MR) is 86.9 cm³/mol. The summed E-state index contributed by atoms with van der Waals surface area (Å²) in [6.07, 6.45) is 0.408. The summed E-state index contributed by atoms with van der Waals surface area (Å²) in [5.41, 5.74) is 9.61. The molecule has 0 fully saturated rings. The lowest BCUT2D eigenvalue weighted by Gasteiger charge is -2.06. The Labute approximate surface area is 129 Å². The molecule has 4 nitrogen and oxygen atoms in total. The van der Waals surface area contributed by atoms with Crippen LogP contribution in [0.5, 0.6) is 0 Å². The van der Waals surface area contributed by atoms with E-state index >= 15 is 0 Å². The number of hydrogen-bond acceptors (Lipinski definition) is 5. The van der Waals surface area contributed by atoms with E-state index in [9.17, 15) is 4.79 Å². The number of benzene rings is 2. The van der Waals surface area contributed by atoms with Crippen LogP contribution in [0.1, 0.15) is 5.56 Å². The van der Waals surface area contributed by atoms with E-state index in [1.807, 2.05) is 30.3 Å². The normalized spacial score (nSPS) is 13.4. The molecule has 0 saturated carbocycles.